The monoisotopic (exact) mass is 494 g/mol. The van der Waals surface area contributed by atoms with Gasteiger partial charge < -0.3 is 5.32 Å². The van der Waals surface area contributed by atoms with Gasteiger partial charge in [0.05, 0.1) is 22.2 Å². The van der Waals surface area contributed by atoms with Crippen LogP contribution in [0.4, 0.5) is 23.2 Å². The molecule has 1 amide bonds. The molecule has 0 saturated heterocycles. The Hall–Kier alpha value is -3.40. The Balaban J connectivity index is 1.95. The third-order valence-electron chi connectivity index (χ3n) is 5.11. The molecule has 34 heavy (non-hydrogen) atoms. The summed E-state index contributed by atoms with van der Waals surface area (Å²) in [4.78, 5) is 12.6. The molecule has 0 fully saturated rings. The van der Waals surface area contributed by atoms with E-state index in [0.29, 0.717) is 15.9 Å². The fourth-order valence-electron chi connectivity index (χ4n) is 3.24. The van der Waals surface area contributed by atoms with E-state index in [0.717, 1.165) is 17.7 Å². The van der Waals surface area contributed by atoms with Gasteiger partial charge in [0, 0.05) is 0 Å². The first kappa shape index (κ1) is 25.2. The molecule has 0 aromatic heterocycles. The van der Waals surface area contributed by atoms with Crippen LogP contribution in [0.3, 0.4) is 0 Å². The van der Waals surface area contributed by atoms with E-state index >= 15 is 0 Å². The molecule has 180 valence electrons. The van der Waals surface area contributed by atoms with Gasteiger partial charge in [0.2, 0.25) is 5.91 Å². The largest absolute Gasteiger partial charge is 0.416 e. The Morgan fingerprint density at radius 1 is 1.00 bits per heavy atom. The minimum Gasteiger partial charge on any atom is -0.348 e. The summed E-state index contributed by atoms with van der Waals surface area (Å²) in [6.45, 7) is 2.61. The first-order valence-corrected chi connectivity index (χ1v) is 11.6. The zero-order valence-corrected chi connectivity index (χ0v) is 19.1. The van der Waals surface area contributed by atoms with E-state index in [-0.39, 0.29) is 10.6 Å². The Bertz CT molecular complexity index is 1260. The molecule has 5 nitrogen and oxygen atoms in total. The smallest absolute Gasteiger partial charge is 0.348 e. The molecule has 10 heteroatoms. The van der Waals surface area contributed by atoms with Crippen molar-refractivity contribution in [2.75, 3.05) is 10.8 Å². The third-order valence-corrected chi connectivity index (χ3v) is 6.89. The number of alkyl halides is 3. The zero-order valence-electron chi connectivity index (χ0n) is 18.3. The van der Waals surface area contributed by atoms with Crippen LogP contribution in [-0.4, -0.2) is 20.9 Å². The summed E-state index contributed by atoms with van der Waals surface area (Å²) in [6.07, 6.45) is -4.70. The highest BCUT2D eigenvalue weighted by molar-refractivity contribution is 7.92. The quantitative estimate of drug-likeness (QED) is 0.458. The van der Waals surface area contributed by atoms with Gasteiger partial charge in [-0.2, -0.15) is 13.2 Å². The SMILES string of the molecule is Cc1ccc(S(=O)(=O)N(CC(=O)N[C@H](C)c2ccc(F)cc2)c2cccc(C(F)(F)F)c2)cc1. The summed E-state index contributed by atoms with van der Waals surface area (Å²) in [6, 6.07) is 14.3. The number of hydrogen-bond donors (Lipinski definition) is 1. The number of amides is 1. The van der Waals surface area contributed by atoms with Crippen LogP contribution in [0.15, 0.2) is 77.7 Å². The summed E-state index contributed by atoms with van der Waals surface area (Å²) in [5.74, 6) is -1.20. The number of benzene rings is 3. The molecule has 0 bridgehead atoms. The predicted octanol–water partition coefficient (Wildman–Crippen LogP) is 5.23. The minimum absolute atomic E-state index is 0.171. The average Bonchev–Trinajstić information content (AvgIpc) is 2.77. The minimum atomic E-state index is -4.70. The first-order chi connectivity index (χ1) is 15.9. The van der Waals surface area contributed by atoms with Gasteiger partial charge in [-0.25, -0.2) is 12.8 Å². The standard InChI is InChI=1S/C24H22F4N2O3S/c1-16-6-12-22(13-7-16)34(32,33)30(21-5-3-4-19(14-21)24(26,27)28)15-23(31)29-17(2)18-8-10-20(25)11-9-18/h3-14,17H,15H2,1-2H3,(H,29,31)/t17-/m1/s1. The molecule has 3 rings (SSSR count). The second-order valence-corrected chi connectivity index (χ2v) is 9.58. The number of carbonyl (C=O) groups is 1. The maximum Gasteiger partial charge on any atom is 0.416 e. The number of rotatable bonds is 7. The fourth-order valence-corrected chi connectivity index (χ4v) is 4.66. The van der Waals surface area contributed by atoms with Crippen LogP contribution in [0.5, 0.6) is 0 Å². The Labute approximate surface area is 195 Å². The van der Waals surface area contributed by atoms with E-state index in [4.69, 9.17) is 0 Å². The lowest BCUT2D eigenvalue weighted by atomic mass is 10.1. The summed E-state index contributed by atoms with van der Waals surface area (Å²) in [5.41, 5.74) is 0.00590. The number of nitrogens with one attached hydrogen (secondary N) is 1. The second kappa shape index (κ2) is 9.84. The van der Waals surface area contributed by atoms with Crippen molar-refractivity contribution in [3.8, 4) is 0 Å². The molecule has 3 aromatic rings. The van der Waals surface area contributed by atoms with E-state index in [2.05, 4.69) is 5.32 Å². The van der Waals surface area contributed by atoms with Gasteiger partial charge >= 0.3 is 6.18 Å². The molecule has 0 heterocycles. The zero-order chi connectivity index (χ0) is 25.1. The fraction of sp³-hybridized carbons (Fsp3) is 0.208. The Morgan fingerprint density at radius 2 is 1.62 bits per heavy atom. The molecular weight excluding hydrogens is 472 g/mol. The number of nitrogens with zero attached hydrogens (tertiary/aromatic N) is 1. The summed E-state index contributed by atoms with van der Waals surface area (Å²) < 4.78 is 80.3. The number of carbonyl (C=O) groups excluding carboxylic acids is 1. The molecule has 0 aliphatic carbocycles. The maximum atomic E-state index is 13.4. The van der Waals surface area contributed by atoms with Gasteiger partial charge in [0.15, 0.2) is 0 Å². The van der Waals surface area contributed by atoms with Crippen LogP contribution in [0.25, 0.3) is 0 Å². The van der Waals surface area contributed by atoms with Crippen LogP contribution >= 0.6 is 0 Å². The normalized spacial score (nSPS) is 12.8. The lowest BCUT2D eigenvalue weighted by Gasteiger charge is -2.26. The van der Waals surface area contributed by atoms with Crippen molar-refractivity contribution in [3.63, 3.8) is 0 Å². The first-order valence-electron chi connectivity index (χ1n) is 10.2. The van der Waals surface area contributed by atoms with Crippen molar-refractivity contribution < 1.29 is 30.8 Å². The van der Waals surface area contributed by atoms with E-state index < -0.39 is 46.1 Å². The third kappa shape index (κ3) is 5.93. The van der Waals surface area contributed by atoms with Crippen molar-refractivity contribution in [2.24, 2.45) is 0 Å². The van der Waals surface area contributed by atoms with Crippen LogP contribution in [0.1, 0.15) is 29.7 Å². The maximum absolute atomic E-state index is 13.4. The van der Waals surface area contributed by atoms with Crippen LogP contribution < -0.4 is 9.62 Å². The second-order valence-electron chi connectivity index (χ2n) is 7.71. The van der Waals surface area contributed by atoms with Gasteiger partial charge in [-0.15, -0.1) is 0 Å². The summed E-state index contributed by atoms with van der Waals surface area (Å²) in [7, 11) is -4.38. The van der Waals surface area contributed by atoms with Gasteiger partial charge in [-0.3, -0.25) is 9.10 Å². The highest BCUT2D eigenvalue weighted by atomic mass is 32.2. The van der Waals surface area contributed by atoms with Gasteiger partial charge in [-0.05, 0) is 61.9 Å². The van der Waals surface area contributed by atoms with Crippen LogP contribution in [0.2, 0.25) is 0 Å². The van der Waals surface area contributed by atoms with E-state index in [1.54, 1.807) is 26.0 Å². The number of anilines is 1. The summed E-state index contributed by atoms with van der Waals surface area (Å²) >= 11 is 0. The molecule has 0 aliphatic heterocycles. The van der Waals surface area contributed by atoms with Gasteiger partial charge in [0.25, 0.3) is 10.0 Å². The number of hydrogen-bond acceptors (Lipinski definition) is 3. The topological polar surface area (TPSA) is 66.5 Å². The Kier molecular flexibility index (Phi) is 7.30. The lowest BCUT2D eigenvalue weighted by Crippen LogP contribution is -2.41. The predicted molar refractivity (Wildman–Crippen MR) is 120 cm³/mol. The number of halogens is 4. The highest BCUT2D eigenvalue weighted by Gasteiger charge is 2.33. The van der Waals surface area contributed by atoms with Gasteiger partial charge in [0.1, 0.15) is 12.4 Å². The molecule has 0 radical (unpaired) electrons. The van der Waals surface area contributed by atoms with Crippen LogP contribution in [-0.2, 0) is 21.0 Å². The summed E-state index contributed by atoms with van der Waals surface area (Å²) in [5, 5.41) is 2.60. The molecular formula is C24H22F4N2O3S. The van der Waals surface area contributed by atoms with Crippen molar-refractivity contribution >= 4 is 21.6 Å². The van der Waals surface area contributed by atoms with Crippen LogP contribution in [0, 0.1) is 12.7 Å². The highest BCUT2D eigenvalue weighted by Crippen LogP contribution is 2.33. The molecule has 0 unspecified atom stereocenters. The van der Waals surface area contributed by atoms with E-state index in [1.807, 2.05) is 0 Å². The van der Waals surface area contributed by atoms with Crippen molar-refractivity contribution in [3.05, 3.63) is 95.3 Å². The molecule has 1 N–H and O–H groups in total. The lowest BCUT2D eigenvalue weighted by molar-refractivity contribution is -0.137. The molecule has 3 aromatic carbocycles. The van der Waals surface area contributed by atoms with Crippen molar-refractivity contribution in [1.82, 2.24) is 5.32 Å². The van der Waals surface area contributed by atoms with E-state index in [9.17, 15) is 30.8 Å². The number of sulfonamides is 1. The molecule has 1 atom stereocenters. The van der Waals surface area contributed by atoms with E-state index in [1.165, 1.54) is 42.5 Å². The average molecular weight is 495 g/mol. The molecule has 0 aliphatic rings. The molecule has 0 spiro atoms. The van der Waals surface area contributed by atoms with Crippen molar-refractivity contribution in [2.45, 2.75) is 31.0 Å². The number of aryl methyl sites for hydroxylation is 1. The van der Waals surface area contributed by atoms with Crippen molar-refractivity contribution in [1.29, 1.82) is 0 Å². The molecule has 0 saturated carbocycles. The Morgan fingerprint density at radius 3 is 2.21 bits per heavy atom. The van der Waals surface area contributed by atoms with Gasteiger partial charge in [-0.1, -0.05) is 35.9 Å².